The van der Waals surface area contributed by atoms with Crippen LogP contribution in [-0.2, 0) is 22.4 Å². The monoisotopic (exact) mass is 652 g/mol. The summed E-state index contributed by atoms with van der Waals surface area (Å²) in [6.45, 7) is 2.05. The first kappa shape index (κ1) is 30.9. The van der Waals surface area contributed by atoms with E-state index in [0.717, 1.165) is 10.9 Å². The van der Waals surface area contributed by atoms with Crippen LogP contribution in [-0.4, -0.2) is 85.9 Å². The number of aryl methyl sites for hydroxylation is 1. The third kappa shape index (κ3) is 5.83. The van der Waals surface area contributed by atoms with Crippen LogP contribution in [0.3, 0.4) is 0 Å². The summed E-state index contributed by atoms with van der Waals surface area (Å²) in [5, 5.41) is 49.2. The predicted octanol–water partition coefficient (Wildman–Crippen LogP) is 2.15. The van der Waals surface area contributed by atoms with E-state index in [4.69, 9.17) is 15.2 Å². The van der Waals surface area contributed by atoms with Crippen LogP contribution in [0, 0.1) is 0 Å². The molecule has 16 nitrogen and oxygen atoms in total. The molecule has 3 aromatic carbocycles. The number of anilines is 2. The molecule has 6 aromatic rings. The number of nitrogen functional groups attached to an aromatic ring is 1. The molecule has 48 heavy (non-hydrogen) atoms. The lowest BCUT2D eigenvalue weighted by atomic mass is 10.1. The summed E-state index contributed by atoms with van der Waals surface area (Å²) in [5.74, 6) is -0.932. The molecule has 0 bridgehead atoms. The summed E-state index contributed by atoms with van der Waals surface area (Å²) in [7, 11) is 0. The number of aliphatic hydroxyl groups is 2. The zero-order chi connectivity index (χ0) is 33.4. The number of nitrogens with two attached hydrogens (primary N) is 1. The number of tetrazole rings is 1. The van der Waals surface area contributed by atoms with E-state index in [1.54, 1.807) is 12.1 Å². The summed E-state index contributed by atoms with van der Waals surface area (Å²) >= 11 is 0. The van der Waals surface area contributed by atoms with Crippen molar-refractivity contribution in [3.05, 3.63) is 90.0 Å². The average Bonchev–Trinajstić information content (AvgIpc) is 3.82. The van der Waals surface area contributed by atoms with E-state index in [0.29, 0.717) is 18.4 Å². The van der Waals surface area contributed by atoms with E-state index in [-0.39, 0.29) is 46.7 Å². The zero-order valence-electron chi connectivity index (χ0n) is 25.7. The fourth-order valence-electron chi connectivity index (χ4n) is 5.73. The number of carbonyl (C=O) groups excluding carboxylic acids is 1. The molecule has 246 valence electrons. The number of phenolic OH excluding ortho intramolecular Hbond substituents is 1. The Hall–Kier alpha value is -5.71. The van der Waals surface area contributed by atoms with Crippen LogP contribution in [0.5, 0.6) is 5.75 Å². The minimum absolute atomic E-state index is 0.0509. The van der Waals surface area contributed by atoms with Crippen molar-refractivity contribution in [2.24, 2.45) is 0 Å². The number of imidazole rings is 1. The molecule has 16 heteroatoms. The first-order valence-electron chi connectivity index (χ1n) is 15.3. The molecule has 0 amide bonds. The number of hydrogen-bond acceptors (Lipinski definition) is 14. The molecule has 1 fully saturated rings. The number of carbonyl (C=O) groups is 1. The SMILES string of the molecule is CCn1nnc([C@H]2O[C@@H](n3cnc4c(N)nc(N[C@H](CO)Cc5ccccc5)nc43)[C@H](OC(=O)c3cc4ccccc4cc3O)[C@H]2O)n1. The number of fused-ring (bicyclic) bond motifs is 2. The summed E-state index contributed by atoms with van der Waals surface area (Å²) in [5.41, 5.74) is 7.64. The van der Waals surface area contributed by atoms with Gasteiger partial charge in [-0.05, 0) is 47.0 Å². The van der Waals surface area contributed by atoms with E-state index < -0.39 is 36.6 Å². The number of aromatic nitrogens is 8. The third-order valence-electron chi connectivity index (χ3n) is 8.15. The van der Waals surface area contributed by atoms with Crippen molar-refractivity contribution in [1.82, 2.24) is 39.7 Å². The fourth-order valence-corrected chi connectivity index (χ4v) is 5.73. The predicted molar refractivity (Wildman–Crippen MR) is 172 cm³/mol. The summed E-state index contributed by atoms with van der Waals surface area (Å²) in [4.78, 5) is 28.3. The average molecular weight is 653 g/mol. The van der Waals surface area contributed by atoms with Crippen LogP contribution in [0.1, 0.15) is 41.0 Å². The topological polar surface area (TPSA) is 221 Å². The van der Waals surface area contributed by atoms with Crippen molar-refractivity contribution < 1.29 is 29.6 Å². The van der Waals surface area contributed by atoms with Gasteiger partial charge >= 0.3 is 5.97 Å². The highest BCUT2D eigenvalue weighted by molar-refractivity contribution is 5.98. The molecule has 7 rings (SSSR count). The van der Waals surface area contributed by atoms with Crippen LogP contribution in [0.25, 0.3) is 21.9 Å². The van der Waals surface area contributed by atoms with Crippen LogP contribution in [0.2, 0.25) is 0 Å². The molecule has 3 aromatic heterocycles. The lowest BCUT2D eigenvalue weighted by Crippen LogP contribution is -2.34. The maximum Gasteiger partial charge on any atom is 0.342 e. The van der Waals surface area contributed by atoms with Crippen LogP contribution >= 0.6 is 0 Å². The molecular weight excluding hydrogens is 620 g/mol. The zero-order valence-corrected chi connectivity index (χ0v) is 25.7. The molecule has 1 aliphatic rings. The quantitative estimate of drug-likeness (QED) is 0.134. The van der Waals surface area contributed by atoms with Crippen molar-refractivity contribution in [3.8, 4) is 5.75 Å². The van der Waals surface area contributed by atoms with Crippen LogP contribution < -0.4 is 11.1 Å². The number of ether oxygens (including phenoxy) is 2. The number of nitrogens with one attached hydrogen (secondary N) is 1. The second-order valence-electron chi connectivity index (χ2n) is 11.3. The standard InChI is InChI=1S/C32H32N10O6/c1-2-42-39-28(38-40-42)25-24(45)26(48-31(46)21-13-18-10-6-7-11-19(18)14-22(21)44)30(47-25)41-16-34-23-27(33)36-32(37-29(23)41)35-20(15-43)12-17-8-4-3-5-9-17/h3-11,13-14,16,20,24-26,30,43-45H,2,12,15H2,1H3,(H3,33,35,36,37)/t20-,24-,25-,26+,30+/m0/s1. The van der Waals surface area contributed by atoms with Gasteiger partial charge in [0.15, 0.2) is 29.9 Å². The minimum Gasteiger partial charge on any atom is -0.507 e. The van der Waals surface area contributed by atoms with E-state index in [2.05, 4.69) is 35.7 Å². The molecule has 1 saturated heterocycles. The first-order chi connectivity index (χ1) is 23.3. The van der Waals surface area contributed by atoms with E-state index in [9.17, 15) is 20.1 Å². The van der Waals surface area contributed by atoms with Crippen molar-refractivity contribution >= 4 is 39.7 Å². The van der Waals surface area contributed by atoms with E-state index in [1.165, 1.54) is 27.8 Å². The highest BCUT2D eigenvalue weighted by Crippen LogP contribution is 2.41. The molecule has 0 radical (unpaired) electrons. The van der Waals surface area contributed by atoms with Crippen LogP contribution in [0.15, 0.2) is 73.1 Å². The number of aliphatic hydroxyl groups excluding tert-OH is 2. The Morgan fingerprint density at radius 3 is 2.58 bits per heavy atom. The van der Waals surface area contributed by atoms with Gasteiger partial charge in [-0.25, -0.2) is 9.78 Å². The van der Waals surface area contributed by atoms with Gasteiger partial charge in [-0.15, -0.1) is 10.2 Å². The van der Waals surface area contributed by atoms with Gasteiger partial charge < -0.3 is 35.8 Å². The molecular formula is C32H32N10O6. The van der Waals surface area contributed by atoms with Gasteiger partial charge in [0.25, 0.3) is 0 Å². The Morgan fingerprint density at radius 2 is 1.85 bits per heavy atom. The number of aromatic hydroxyl groups is 1. The highest BCUT2D eigenvalue weighted by Gasteiger charge is 2.50. The van der Waals surface area contributed by atoms with Gasteiger partial charge in [0.2, 0.25) is 11.8 Å². The summed E-state index contributed by atoms with van der Waals surface area (Å²) in [6.07, 6.45) is -3.29. The fraction of sp³-hybridized carbons (Fsp3) is 0.281. The van der Waals surface area contributed by atoms with Gasteiger partial charge in [-0.2, -0.15) is 14.8 Å². The number of phenols is 1. The van der Waals surface area contributed by atoms with Gasteiger partial charge in [0.05, 0.1) is 25.5 Å². The molecule has 0 saturated carbocycles. The Balaban J connectivity index is 1.24. The molecule has 4 heterocycles. The van der Waals surface area contributed by atoms with E-state index in [1.807, 2.05) is 49.4 Å². The number of esters is 1. The second kappa shape index (κ2) is 12.8. The van der Waals surface area contributed by atoms with Gasteiger partial charge in [-0.3, -0.25) is 4.57 Å². The largest absolute Gasteiger partial charge is 0.507 e. The molecule has 0 spiro atoms. The Labute approximate surface area is 272 Å². The molecule has 0 unspecified atom stereocenters. The second-order valence-corrected chi connectivity index (χ2v) is 11.3. The van der Waals surface area contributed by atoms with E-state index >= 15 is 0 Å². The lowest BCUT2D eigenvalue weighted by molar-refractivity contribution is -0.0493. The van der Waals surface area contributed by atoms with Gasteiger partial charge in [-0.1, -0.05) is 54.6 Å². The lowest BCUT2D eigenvalue weighted by Gasteiger charge is -2.22. The Bertz CT molecular complexity index is 2090. The summed E-state index contributed by atoms with van der Waals surface area (Å²) < 4.78 is 13.6. The Morgan fingerprint density at radius 1 is 1.10 bits per heavy atom. The molecule has 0 aliphatic carbocycles. The molecule has 6 N–H and O–H groups in total. The molecule has 5 atom stereocenters. The van der Waals surface area contributed by atoms with Crippen molar-refractivity contribution in [2.75, 3.05) is 17.7 Å². The normalized spacial score (nSPS) is 19.9. The van der Waals surface area contributed by atoms with Crippen LogP contribution in [0.4, 0.5) is 11.8 Å². The summed E-state index contributed by atoms with van der Waals surface area (Å²) in [6, 6.07) is 19.4. The van der Waals surface area contributed by atoms with Crippen molar-refractivity contribution in [3.63, 3.8) is 0 Å². The first-order valence-corrected chi connectivity index (χ1v) is 15.3. The number of hydrogen-bond donors (Lipinski definition) is 5. The minimum atomic E-state index is -1.46. The van der Waals surface area contributed by atoms with Crippen molar-refractivity contribution in [1.29, 1.82) is 0 Å². The van der Waals surface area contributed by atoms with Gasteiger partial charge in [0.1, 0.15) is 22.9 Å². The van der Waals surface area contributed by atoms with Crippen molar-refractivity contribution in [2.45, 2.75) is 50.5 Å². The number of rotatable bonds is 10. The van der Waals surface area contributed by atoms with Gasteiger partial charge in [0, 0.05) is 0 Å². The third-order valence-corrected chi connectivity index (χ3v) is 8.15. The number of benzene rings is 3. The smallest absolute Gasteiger partial charge is 0.342 e. The number of nitrogens with zero attached hydrogens (tertiary/aromatic N) is 8. The maximum absolute atomic E-state index is 13.6. The maximum atomic E-state index is 13.6. The highest BCUT2D eigenvalue weighted by atomic mass is 16.6. The Kier molecular flexibility index (Phi) is 8.26. The molecule has 1 aliphatic heterocycles.